The summed E-state index contributed by atoms with van der Waals surface area (Å²) in [6, 6.07) is 58.9. The number of anilines is 3. The standard InChI is InChI=1S/C42H28BrCl2N/c43-39-27-33(44)28-40(41(39)45)46(34-25-23-32(24-26-34)36-20-11-10-19-35(36)29-13-4-1-5-14-29)42-37(30-15-6-2-7-16-30)21-12-22-38(42)31-17-8-3-9-18-31/h1-28H. The molecule has 4 heteroatoms. The van der Waals surface area contributed by atoms with Crippen LogP contribution >= 0.6 is 39.1 Å². The topological polar surface area (TPSA) is 3.24 Å². The molecule has 7 rings (SSSR count). The third kappa shape index (κ3) is 6.00. The molecule has 0 heterocycles. The number of halogens is 3. The molecule has 222 valence electrons. The number of benzene rings is 7. The van der Waals surface area contributed by atoms with Crippen LogP contribution in [0, 0.1) is 0 Å². The molecule has 7 aromatic rings. The van der Waals surface area contributed by atoms with Crippen molar-refractivity contribution in [3.05, 3.63) is 184 Å². The molecule has 1 nitrogen and oxygen atoms in total. The zero-order valence-electron chi connectivity index (χ0n) is 24.7. The van der Waals surface area contributed by atoms with E-state index in [2.05, 4.69) is 160 Å². The van der Waals surface area contributed by atoms with Gasteiger partial charge >= 0.3 is 0 Å². The van der Waals surface area contributed by atoms with Gasteiger partial charge in [0.05, 0.1) is 16.4 Å². The maximum absolute atomic E-state index is 7.13. The van der Waals surface area contributed by atoms with Crippen molar-refractivity contribution in [2.24, 2.45) is 0 Å². The van der Waals surface area contributed by atoms with Crippen molar-refractivity contribution in [2.75, 3.05) is 4.90 Å². The second-order valence-corrected chi connectivity index (χ2v) is 12.6. The van der Waals surface area contributed by atoms with Gasteiger partial charge < -0.3 is 4.90 Å². The van der Waals surface area contributed by atoms with E-state index in [4.69, 9.17) is 23.2 Å². The lowest BCUT2D eigenvalue weighted by Gasteiger charge is -2.31. The van der Waals surface area contributed by atoms with Gasteiger partial charge in [-0.2, -0.15) is 0 Å². The largest absolute Gasteiger partial charge is 0.308 e. The minimum Gasteiger partial charge on any atom is -0.308 e. The zero-order chi connectivity index (χ0) is 31.5. The smallest absolute Gasteiger partial charge is 0.0789 e. The average molecular weight is 698 g/mol. The van der Waals surface area contributed by atoms with Crippen LogP contribution in [0.1, 0.15) is 0 Å². The van der Waals surface area contributed by atoms with Gasteiger partial charge in [0.1, 0.15) is 0 Å². The van der Waals surface area contributed by atoms with E-state index in [1.54, 1.807) is 0 Å². The Hall–Kier alpha value is -4.60. The Morgan fingerprint density at radius 3 is 1.33 bits per heavy atom. The van der Waals surface area contributed by atoms with Crippen molar-refractivity contribution < 1.29 is 0 Å². The Kier molecular flexibility index (Phi) is 8.76. The highest BCUT2D eigenvalue weighted by Crippen LogP contribution is 2.50. The highest BCUT2D eigenvalue weighted by atomic mass is 79.9. The Labute approximate surface area is 288 Å². The molecule has 0 aromatic heterocycles. The van der Waals surface area contributed by atoms with Gasteiger partial charge in [-0.3, -0.25) is 0 Å². The zero-order valence-corrected chi connectivity index (χ0v) is 27.8. The molecule has 0 unspecified atom stereocenters. The fourth-order valence-electron chi connectivity index (χ4n) is 5.97. The van der Waals surface area contributed by atoms with Crippen molar-refractivity contribution in [1.29, 1.82) is 0 Å². The molecule has 0 amide bonds. The molecule has 0 radical (unpaired) electrons. The molecule has 0 spiro atoms. The molecule has 0 aliphatic heterocycles. The number of rotatable bonds is 7. The lowest BCUT2D eigenvalue weighted by molar-refractivity contribution is 1.28. The summed E-state index contributed by atoms with van der Waals surface area (Å²) in [6.07, 6.45) is 0. The van der Waals surface area contributed by atoms with Gasteiger partial charge in [-0.15, -0.1) is 0 Å². The first-order valence-electron chi connectivity index (χ1n) is 15.0. The minimum atomic E-state index is 0.574. The van der Waals surface area contributed by atoms with Crippen LogP contribution in [0.25, 0.3) is 44.5 Å². The molecule has 46 heavy (non-hydrogen) atoms. The van der Waals surface area contributed by atoms with Crippen LogP contribution in [0.4, 0.5) is 17.1 Å². The summed E-state index contributed by atoms with van der Waals surface area (Å²) < 4.78 is 0.730. The predicted octanol–water partition coefficient (Wildman–Crippen LogP) is 13.9. The number of para-hydroxylation sites is 1. The van der Waals surface area contributed by atoms with Crippen molar-refractivity contribution in [2.45, 2.75) is 0 Å². The number of hydrogen-bond acceptors (Lipinski definition) is 1. The summed E-state index contributed by atoms with van der Waals surface area (Å²) in [5, 5.41) is 1.16. The number of nitrogens with zero attached hydrogens (tertiary/aromatic N) is 1. The molecule has 7 aromatic carbocycles. The second-order valence-electron chi connectivity index (χ2n) is 10.9. The fourth-order valence-corrected chi connectivity index (χ4v) is 6.96. The first-order chi connectivity index (χ1) is 22.6. The molecular weight excluding hydrogens is 669 g/mol. The van der Waals surface area contributed by atoms with E-state index < -0.39 is 0 Å². The van der Waals surface area contributed by atoms with E-state index in [0.717, 1.165) is 49.4 Å². The van der Waals surface area contributed by atoms with Gasteiger partial charge in [-0.1, -0.05) is 169 Å². The van der Waals surface area contributed by atoms with Crippen LogP contribution in [0.15, 0.2) is 174 Å². The first-order valence-corrected chi connectivity index (χ1v) is 16.6. The average Bonchev–Trinajstić information content (AvgIpc) is 3.12. The number of hydrogen-bond donors (Lipinski definition) is 0. The molecule has 0 saturated carbocycles. The van der Waals surface area contributed by atoms with E-state index in [-0.39, 0.29) is 0 Å². The summed E-state index contributed by atoms with van der Waals surface area (Å²) in [4.78, 5) is 2.23. The third-order valence-electron chi connectivity index (χ3n) is 8.09. The van der Waals surface area contributed by atoms with Crippen molar-refractivity contribution >= 4 is 56.2 Å². The highest BCUT2D eigenvalue weighted by molar-refractivity contribution is 9.10. The maximum Gasteiger partial charge on any atom is 0.0789 e. The van der Waals surface area contributed by atoms with E-state index in [1.807, 2.05) is 30.3 Å². The van der Waals surface area contributed by atoms with Crippen LogP contribution in [0.2, 0.25) is 10.0 Å². The molecule has 0 aliphatic rings. The minimum absolute atomic E-state index is 0.574. The van der Waals surface area contributed by atoms with Gasteiger partial charge in [0.15, 0.2) is 0 Å². The van der Waals surface area contributed by atoms with Crippen LogP contribution in [0.5, 0.6) is 0 Å². The van der Waals surface area contributed by atoms with E-state index in [0.29, 0.717) is 10.0 Å². The molecule has 0 fully saturated rings. The quantitative estimate of drug-likeness (QED) is 0.150. The Balaban J connectivity index is 1.47. The molecule has 0 N–H and O–H groups in total. The Morgan fingerprint density at radius 1 is 0.413 bits per heavy atom. The van der Waals surface area contributed by atoms with Crippen LogP contribution < -0.4 is 4.90 Å². The molecule has 0 aliphatic carbocycles. The van der Waals surface area contributed by atoms with Crippen molar-refractivity contribution in [3.8, 4) is 44.5 Å². The molecule has 0 saturated heterocycles. The van der Waals surface area contributed by atoms with Gasteiger partial charge in [-0.05, 0) is 73.6 Å². The summed E-state index contributed by atoms with van der Waals surface area (Å²) in [5.41, 5.74) is 11.8. The Morgan fingerprint density at radius 2 is 0.826 bits per heavy atom. The SMILES string of the molecule is Clc1cc(Br)c(Cl)c(N(c2ccc(-c3ccccc3-c3ccccc3)cc2)c2c(-c3ccccc3)cccc2-c2ccccc2)c1. The molecule has 0 atom stereocenters. The summed E-state index contributed by atoms with van der Waals surface area (Å²) >= 11 is 17.5. The van der Waals surface area contributed by atoms with Crippen molar-refractivity contribution in [3.63, 3.8) is 0 Å². The van der Waals surface area contributed by atoms with Crippen LogP contribution in [-0.2, 0) is 0 Å². The molecular formula is C42H28BrCl2N. The monoisotopic (exact) mass is 695 g/mol. The normalized spacial score (nSPS) is 10.9. The molecule has 0 bridgehead atoms. The van der Waals surface area contributed by atoms with E-state index >= 15 is 0 Å². The lowest BCUT2D eigenvalue weighted by Crippen LogP contribution is -2.13. The van der Waals surface area contributed by atoms with Gasteiger partial charge in [0.25, 0.3) is 0 Å². The summed E-state index contributed by atoms with van der Waals surface area (Å²) in [7, 11) is 0. The fraction of sp³-hybridized carbons (Fsp3) is 0. The maximum atomic E-state index is 7.13. The predicted molar refractivity (Wildman–Crippen MR) is 201 cm³/mol. The second kappa shape index (κ2) is 13.4. The Bertz CT molecular complexity index is 2050. The van der Waals surface area contributed by atoms with E-state index in [1.165, 1.54) is 16.7 Å². The summed E-state index contributed by atoms with van der Waals surface area (Å²) in [6.45, 7) is 0. The van der Waals surface area contributed by atoms with Gasteiger partial charge in [0, 0.05) is 26.3 Å². The highest BCUT2D eigenvalue weighted by Gasteiger charge is 2.25. The van der Waals surface area contributed by atoms with E-state index in [9.17, 15) is 0 Å². The van der Waals surface area contributed by atoms with Gasteiger partial charge in [-0.25, -0.2) is 0 Å². The lowest BCUT2D eigenvalue weighted by atomic mass is 9.93. The van der Waals surface area contributed by atoms with Crippen LogP contribution in [0.3, 0.4) is 0 Å². The third-order valence-corrected chi connectivity index (χ3v) is 9.56. The van der Waals surface area contributed by atoms with Gasteiger partial charge in [0.2, 0.25) is 0 Å². The van der Waals surface area contributed by atoms with Crippen molar-refractivity contribution in [1.82, 2.24) is 0 Å². The van der Waals surface area contributed by atoms with Crippen LogP contribution in [-0.4, -0.2) is 0 Å². The first kappa shape index (κ1) is 30.1. The summed E-state index contributed by atoms with van der Waals surface area (Å²) in [5.74, 6) is 0.